The van der Waals surface area contributed by atoms with E-state index in [4.69, 9.17) is 5.73 Å². The van der Waals surface area contributed by atoms with Crippen LogP contribution in [0.4, 0.5) is 0 Å². The fourth-order valence-electron chi connectivity index (χ4n) is 1.90. The standard InChI is InChI=1S/C11H20N4/c1-8(2)15-11(7-9-3-4-9)10(5-6-12)13-14-15/h8-9H,3-7,12H2,1-2H3. The van der Waals surface area contributed by atoms with E-state index in [1.807, 2.05) is 0 Å². The van der Waals surface area contributed by atoms with E-state index in [1.54, 1.807) is 0 Å². The van der Waals surface area contributed by atoms with Gasteiger partial charge >= 0.3 is 0 Å². The molecule has 0 atom stereocenters. The molecule has 4 heteroatoms. The van der Waals surface area contributed by atoms with E-state index in [-0.39, 0.29) is 0 Å². The monoisotopic (exact) mass is 208 g/mol. The van der Waals surface area contributed by atoms with Crippen molar-refractivity contribution in [2.24, 2.45) is 11.7 Å². The van der Waals surface area contributed by atoms with Crippen LogP contribution in [-0.4, -0.2) is 21.5 Å². The molecule has 4 nitrogen and oxygen atoms in total. The van der Waals surface area contributed by atoms with E-state index in [9.17, 15) is 0 Å². The predicted octanol–water partition coefficient (Wildman–Crippen LogP) is 1.31. The molecule has 84 valence electrons. The summed E-state index contributed by atoms with van der Waals surface area (Å²) >= 11 is 0. The van der Waals surface area contributed by atoms with Gasteiger partial charge in [-0.2, -0.15) is 0 Å². The minimum Gasteiger partial charge on any atom is -0.330 e. The van der Waals surface area contributed by atoms with Crippen LogP contribution in [-0.2, 0) is 12.8 Å². The molecule has 15 heavy (non-hydrogen) atoms. The summed E-state index contributed by atoms with van der Waals surface area (Å²) in [4.78, 5) is 0. The number of nitrogens with two attached hydrogens (primary N) is 1. The highest BCUT2D eigenvalue weighted by atomic mass is 15.4. The van der Waals surface area contributed by atoms with Crippen molar-refractivity contribution in [2.75, 3.05) is 6.54 Å². The third-order valence-electron chi connectivity index (χ3n) is 2.92. The summed E-state index contributed by atoms with van der Waals surface area (Å²) in [7, 11) is 0. The molecule has 1 aromatic heterocycles. The molecule has 2 N–H and O–H groups in total. The summed E-state index contributed by atoms with van der Waals surface area (Å²) in [5, 5.41) is 8.47. The van der Waals surface area contributed by atoms with E-state index in [0.29, 0.717) is 12.6 Å². The fraction of sp³-hybridized carbons (Fsp3) is 0.818. The zero-order valence-corrected chi connectivity index (χ0v) is 9.61. The molecular weight excluding hydrogens is 188 g/mol. The van der Waals surface area contributed by atoms with Gasteiger partial charge in [-0.1, -0.05) is 5.21 Å². The minimum absolute atomic E-state index is 0.401. The Kier molecular flexibility index (Phi) is 3.05. The SMILES string of the molecule is CC(C)n1nnc(CCN)c1CC1CC1. The van der Waals surface area contributed by atoms with E-state index >= 15 is 0 Å². The first-order valence-electron chi connectivity index (χ1n) is 5.85. The van der Waals surface area contributed by atoms with Crippen molar-refractivity contribution in [3.8, 4) is 0 Å². The lowest BCUT2D eigenvalue weighted by atomic mass is 10.1. The summed E-state index contributed by atoms with van der Waals surface area (Å²) in [6, 6.07) is 0.401. The summed E-state index contributed by atoms with van der Waals surface area (Å²) in [5.41, 5.74) is 8.01. The fourth-order valence-corrected chi connectivity index (χ4v) is 1.90. The smallest absolute Gasteiger partial charge is 0.0871 e. The second-order valence-electron chi connectivity index (χ2n) is 4.71. The Hall–Kier alpha value is -0.900. The molecule has 2 rings (SSSR count). The van der Waals surface area contributed by atoms with Crippen LogP contribution < -0.4 is 5.73 Å². The lowest BCUT2D eigenvalue weighted by Gasteiger charge is -2.10. The summed E-state index contributed by atoms with van der Waals surface area (Å²) in [6.07, 6.45) is 4.73. The highest BCUT2D eigenvalue weighted by Gasteiger charge is 2.26. The Morgan fingerprint density at radius 2 is 2.20 bits per heavy atom. The Morgan fingerprint density at radius 1 is 1.47 bits per heavy atom. The number of hydrogen-bond donors (Lipinski definition) is 1. The van der Waals surface area contributed by atoms with Crippen LogP contribution in [0.15, 0.2) is 0 Å². The molecule has 1 heterocycles. The summed E-state index contributed by atoms with van der Waals surface area (Å²) in [5.74, 6) is 0.873. The van der Waals surface area contributed by atoms with Crippen LogP contribution in [0.3, 0.4) is 0 Å². The molecule has 0 saturated heterocycles. The van der Waals surface area contributed by atoms with Gasteiger partial charge in [-0.15, -0.1) is 5.10 Å². The number of aromatic nitrogens is 3. The van der Waals surface area contributed by atoms with Gasteiger partial charge in [-0.25, -0.2) is 4.68 Å². The lowest BCUT2D eigenvalue weighted by Crippen LogP contribution is -2.11. The van der Waals surface area contributed by atoms with E-state index in [0.717, 1.165) is 24.5 Å². The van der Waals surface area contributed by atoms with Crippen molar-refractivity contribution < 1.29 is 0 Å². The quantitative estimate of drug-likeness (QED) is 0.793. The average molecular weight is 208 g/mol. The van der Waals surface area contributed by atoms with Gasteiger partial charge in [0.1, 0.15) is 0 Å². The first kappa shape index (κ1) is 10.6. The second-order valence-corrected chi connectivity index (χ2v) is 4.71. The lowest BCUT2D eigenvalue weighted by molar-refractivity contribution is 0.488. The van der Waals surface area contributed by atoms with Crippen molar-refractivity contribution in [3.05, 3.63) is 11.4 Å². The molecular formula is C11H20N4. The van der Waals surface area contributed by atoms with Gasteiger partial charge in [0.05, 0.1) is 11.4 Å². The zero-order chi connectivity index (χ0) is 10.8. The van der Waals surface area contributed by atoms with Gasteiger partial charge in [0.15, 0.2) is 0 Å². The molecule has 1 aromatic rings. The highest BCUT2D eigenvalue weighted by Crippen LogP contribution is 2.33. The molecule has 1 aliphatic carbocycles. The largest absolute Gasteiger partial charge is 0.330 e. The first-order valence-corrected chi connectivity index (χ1v) is 5.85. The predicted molar refractivity (Wildman–Crippen MR) is 59.6 cm³/mol. The molecule has 0 aromatic carbocycles. The summed E-state index contributed by atoms with van der Waals surface area (Å²) < 4.78 is 2.06. The van der Waals surface area contributed by atoms with Crippen molar-refractivity contribution in [1.29, 1.82) is 0 Å². The van der Waals surface area contributed by atoms with Crippen molar-refractivity contribution in [1.82, 2.24) is 15.0 Å². The second kappa shape index (κ2) is 4.31. The van der Waals surface area contributed by atoms with Gasteiger partial charge in [0.2, 0.25) is 0 Å². The molecule has 0 aliphatic heterocycles. The minimum atomic E-state index is 0.401. The zero-order valence-electron chi connectivity index (χ0n) is 9.61. The van der Waals surface area contributed by atoms with Crippen LogP contribution >= 0.6 is 0 Å². The summed E-state index contributed by atoms with van der Waals surface area (Å²) in [6.45, 7) is 4.96. The van der Waals surface area contributed by atoms with Gasteiger partial charge in [0.25, 0.3) is 0 Å². The van der Waals surface area contributed by atoms with Crippen LogP contribution in [0.1, 0.15) is 44.1 Å². The first-order chi connectivity index (χ1) is 7.22. The molecule has 1 fully saturated rings. The third kappa shape index (κ3) is 2.37. The molecule has 0 amide bonds. The van der Waals surface area contributed by atoms with E-state index in [2.05, 4.69) is 28.8 Å². The Balaban J connectivity index is 2.21. The van der Waals surface area contributed by atoms with E-state index < -0.39 is 0 Å². The Labute approximate surface area is 90.8 Å². The molecule has 1 saturated carbocycles. The number of rotatable bonds is 5. The maximum Gasteiger partial charge on any atom is 0.0871 e. The Bertz CT molecular complexity index is 325. The Morgan fingerprint density at radius 3 is 2.73 bits per heavy atom. The number of hydrogen-bond acceptors (Lipinski definition) is 3. The average Bonchev–Trinajstić information content (AvgIpc) is 2.90. The van der Waals surface area contributed by atoms with Crippen LogP contribution in [0, 0.1) is 5.92 Å². The van der Waals surface area contributed by atoms with Crippen LogP contribution in [0.25, 0.3) is 0 Å². The van der Waals surface area contributed by atoms with Crippen LogP contribution in [0.2, 0.25) is 0 Å². The maximum atomic E-state index is 5.58. The normalized spacial score (nSPS) is 16.3. The molecule has 1 aliphatic rings. The topological polar surface area (TPSA) is 56.7 Å². The molecule has 0 unspecified atom stereocenters. The van der Waals surface area contributed by atoms with E-state index in [1.165, 1.54) is 18.5 Å². The highest BCUT2D eigenvalue weighted by molar-refractivity contribution is 5.13. The maximum absolute atomic E-state index is 5.58. The third-order valence-corrected chi connectivity index (χ3v) is 2.92. The molecule has 0 bridgehead atoms. The van der Waals surface area contributed by atoms with Crippen molar-refractivity contribution in [2.45, 2.75) is 45.6 Å². The van der Waals surface area contributed by atoms with Gasteiger partial charge < -0.3 is 5.73 Å². The molecule has 0 radical (unpaired) electrons. The van der Waals surface area contributed by atoms with Crippen LogP contribution in [0.5, 0.6) is 0 Å². The van der Waals surface area contributed by atoms with Crippen molar-refractivity contribution >= 4 is 0 Å². The number of nitrogens with zero attached hydrogens (tertiary/aromatic N) is 3. The molecule has 0 spiro atoms. The van der Waals surface area contributed by atoms with Crippen molar-refractivity contribution in [3.63, 3.8) is 0 Å². The van der Waals surface area contributed by atoms with Gasteiger partial charge in [-0.05, 0) is 45.6 Å². The van der Waals surface area contributed by atoms with Gasteiger partial charge in [-0.3, -0.25) is 0 Å². The van der Waals surface area contributed by atoms with Gasteiger partial charge in [0, 0.05) is 12.5 Å².